The molecule has 6 nitrogen and oxygen atoms in total. The molecule has 1 aliphatic rings. The SMILES string of the molecule is C[Si]1(C)CCN(c2cc([N+](=O)[O-])ccc2C(=O)O)CC1. The highest BCUT2D eigenvalue weighted by Gasteiger charge is 2.29. The van der Waals surface area contributed by atoms with Gasteiger partial charge in [0.15, 0.2) is 0 Å². The van der Waals surface area contributed by atoms with Gasteiger partial charge in [0.05, 0.1) is 24.2 Å². The van der Waals surface area contributed by atoms with Crippen LogP contribution in [0.25, 0.3) is 0 Å². The molecule has 108 valence electrons. The minimum atomic E-state index is -1.17. The van der Waals surface area contributed by atoms with E-state index in [2.05, 4.69) is 13.1 Å². The van der Waals surface area contributed by atoms with E-state index in [1.54, 1.807) is 0 Å². The van der Waals surface area contributed by atoms with Crippen molar-refractivity contribution in [3.05, 3.63) is 33.9 Å². The molecule has 1 aliphatic heterocycles. The summed E-state index contributed by atoms with van der Waals surface area (Å²) in [5, 5.41) is 20.1. The minimum Gasteiger partial charge on any atom is -0.478 e. The van der Waals surface area contributed by atoms with Gasteiger partial charge < -0.3 is 10.0 Å². The number of hydrogen-bond donors (Lipinski definition) is 1. The zero-order valence-corrected chi connectivity index (χ0v) is 12.6. The van der Waals surface area contributed by atoms with Crippen LogP contribution in [0.15, 0.2) is 18.2 Å². The summed E-state index contributed by atoms with van der Waals surface area (Å²) in [7, 11) is -1.17. The monoisotopic (exact) mass is 294 g/mol. The van der Waals surface area contributed by atoms with E-state index in [9.17, 15) is 20.0 Å². The molecule has 20 heavy (non-hydrogen) atoms. The molecule has 0 atom stereocenters. The fourth-order valence-corrected chi connectivity index (χ4v) is 4.43. The minimum absolute atomic E-state index is 0.0629. The molecule has 0 aliphatic carbocycles. The Balaban J connectivity index is 2.36. The number of nitrogens with zero attached hydrogens (tertiary/aromatic N) is 2. The Morgan fingerprint density at radius 1 is 1.35 bits per heavy atom. The molecule has 7 heteroatoms. The Morgan fingerprint density at radius 2 is 1.95 bits per heavy atom. The summed E-state index contributed by atoms with van der Waals surface area (Å²) in [6.45, 7) is 6.19. The Kier molecular flexibility index (Phi) is 3.80. The van der Waals surface area contributed by atoms with Crippen LogP contribution in [0.2, 0.25) is 25.2 Å². The Hall–Kier alpha value is -1.89. The van der Waals surface area contributed by atoms with E-state index in [0.29, 0.717) is 5.69 Å². The third-order valence-corrected chi connectivity index (χ3v) is 7.03. The van der Waals surface area contributed by atoms with Gasteiger partial charge in [0.2, 0.25) is 0 Å². The van der Waals surface area contributed by atoms with Crippen LogP contribution in [0.3, 0.4) is 0 Å². The van der Waals surface area contributed by atoms with Crippen molar-refractivity contribution in [3.63, 3.8) is 0 Å². The highest BCUT2D eigenvalue weighted by atomic mass is 28.3. The number of aromatic carboxylic acids is 1. The molecule has 0 aromatic heterocycles. The van der Waals surface area contributed by atoms with Crippen molar-refractivity contribution < 1.29 is 14.8 Å². The Morgan fingerprint density at radius 3 is 2.45 bits per heavy atom. The number of non-ortho nitro benzene ring substituents is 1. The molecule has 1 N–H and O–H groups in total. The Bertz CT molecular complexity index is 549. The summed E-state index contributed by atoms with van der Waals surface area (Å²) in [6.07, 6.45) is 0. The van der Waals surface area contributed by atoms with E-state index in [4.69, 9.17) is 0 Å². The first kappa shape index (κ1) is 14.5. The normalized spacial score (nSPS) is 17.8. The van der Waals surface area contributed by atoms with Crippen molar-refractivity contribution in [1.82, 2.24) is 0 Å². The third-order valence-electron chi connectivity index (χ3n) is 3.88. The molecule has 2 rings (SSSR count). The number of carboxylic acids is 1. The molecule has 0 bridgehead atoms. The molecule has 0 unspecified atom stereocenters. The lowest BCUT2D eigenvalue weighted by molar-refractivity contribution is -0.384. The molecule has 1 saturated heterocycles. The van der Waals surface area contributed by atoms with E-state index in [1.807, 2.05) is 4.90 Å². The predicted molar refractivity (Wildman–Crippen MR) is 79.4 cm³/mol. The fourth-order valence-electron chi connectivity index (χ4n) is 2.43. The largest absolute Gasteiger partial charge is 0.478 e. The van der Waals surface area contributed by atoms with Gasteiger partial charge in [-0.3, -0.25) is 10.1 Å². The van der Waals surface area contributed by atoms with Crippen LogP contribution in [0.4, 0.5) is 11.4 Å². The van der Waals surface area contributed by atoms with E-state index in [0.717, 1.165) is 25.2 Å². The lowest BCUT2D eigenvalue weighted by Crippen LogP contribution is -2.43. The maximum Gasteiger partial charge on any atom is 0.337 e. The maximum atomic E-state index is 11.3. The third kappa shape index (κ3) is 2.98. The Labute approximate surface area is 118 Å². The van der Waals surface area contributed by atoms with Crippen LogP contribution in [0.5, 0.6) is 0 Å². The molecule has 0 amide bonds. The van der Waals surface area contributed by atoms with Crippen molar-refractivity contribution in [2.24, 2.45) is 0 Å². The molecule has 1 aromatic carbocycles. The second-order valence-corrected chi connectivity index (χ2v) is 11.2. The van der Waals surface area contributed by atoms with Crippen molar-refractivity contribution in [2.45, 2.75) is 25.2 Å². The van der Waals surface area contributed by atoms with Gasteiger partial charge in [-0.2, -0.15) is 0 Å². The van der Waals surface area contributed by atoms with Crippen LogP contribution in [-0.2, 0) is 0 Å². The molecular weight excluding hydrogens is 276 g/mol. The van der Waals surface area contributed by atoms with Crippen molar-refractivity contribution in [3.8, 4) is 0 Å². The summed E-state index contributed by atoms with van der Waals surface area (Å²) < 4.78 is 0. The van der Waals surface area contributed by atoms with Crippen molar-refractivity contribution in [2.75, 3.05) is 18.0 Å². The second-order valence-electron chi connectivity index (χ2n) is 5.91. The number of nitro groups is 1. The highest BCUT2D eigenvalue weighted by Crippen LogP contribution is 2.31. The predicted octanol–water partition coefficient (Wildman–Crippen LogP) is 2.82. The zero-order valence-electron chi connectivity index (χ0n) is 11.6. The molecule has 1 heterocycles. The first-order valence-electron chi connectivity index (χ1n) is 6.57. The highest BCUT2D eigenvalue weighted by molar-refractivity contribution is 6.77. The van der Waals surface area contributed by atoms with Gasteiger partial charge in [0.1, 0.15) is 0 Å². The molecule has 1 fully saturated rings. The average Bonchev–Trinajstić information content (AvgIpc) is 2.37. The van der Waals surface area contributed by atoms with Crippen molar-refractivity contribution >= 4 is 25.4 Å². The summed E-state index contributed by atoms with van der Waals surface area (Å²) in [4.78, 5) is 23.6. The van der Waals surface area contributed by atoms with Crippen LogP contribution < -0.4 is 4.90 Å². The summed E-state index contributed by atoms with van der Waals surface area (Å²) in [5.41, 5.74) is 0.542. The van der Waals surface area contributed by atoms with Gasteiger partial charge in [-0.25, -0.2) is 4.79 Å². The molecule has 1 aromatic rings. The summed E-state index contributed by atoms with van der Waals surface area (Å²) in [6, 6.07) is 6.11. The van der Waals surface area contributed by atoms with Gasteiger partial charge in [0, 0.05) is 25.2 Å². The zero-order chi connectivity index (χ0) is 14.9. The lowest BCUT2D eigenvalue weighted by atomic mass is 10.1. The van der Waals surface area contributed by atoms with E-state index in [1.165, 1.54) is 18.2 Å². The van der Waals surface area contributed by atoms with Gasteiger partial charge in [-0.1, -0.05) is 13.1 Å². The van der Waals surface area contributed by atoms with Crippen LogP contribution in [0.1, 0.15) is 10.4 Å². The second kappa shape index (κ2) is 5.24. The summed E-state index contributed by atoms with van der Waals surface area (Å²) in [5.74, 6) is -1.04. The van der Waals surface area contributed by atoms with Crippen LogP contribution >= 0.6 is 0 Å². The molecule has 0 saturated carbocycles. The number of anilines is 1. The first-order valence-corrected chi connectivity index (χ1v) is 9.98. The number of benzene rings is 1. The number of carbonyl (C=O) groups is 1. The average molecular weight is 294 g/mol. The van der Waals surface area contributed by atoms with Crippen LogP contribution in [0, 0.1) is 10.1 Å². The van der Waals surface area contributed by atoms with Crippen LogP contribution in [-0.4, -0.2) is 37.2 Å². The van der Waals surface area contributed by atoms with E-state index in [-0.39, 0.29) is 11.3 Å². The molecular formula is C13H18N2O4Si. The number of carboxylic acid groups (broad SMARTS) is 1. The fraction of sp³-hybridized carbons (Fsp3) is 0.462. The number of hydrogen-bond acceptors (Lipinski definition) is 4. The first-order chi connectivity index (χ1) is 9.30. The van der Waals surface area contributed by atoms with Gasteiger partial charge in [-0.15, -0.1) is 0 Å². The van der Waals surface area contributed by atoms with Gasteiger partial charge in [-0.05, 0) is 18.2 Å². The smallest absolute Gasteiger partial charge is 0.337 e. The summed E-state index contributed by atoms with van der Waals surface area (Å²) >= 11 is 0. The number of nitro benzene ring substituents is 1. The number of rotatable bonds is 3. The van der Waals surface area contributed by atoms with Gasteiger partial charge >= 0.3 is 5.97 Å². The lowest BCUT2D eigenvalue weighted by Gasteiger charge is -2.37. The topological polar surface area (TPSA) is 83.7 Å². The maximum absolute atomic E-state index is 11.3. The standard InChI is InChI=1S/C13H18N2O4Si/c1-20(2)7-5-14(6-8-20)12-9-10(15(18)19)3-4-11(12)13(16)17/h3-4,9H,5-8H2,1-2H3,(H,16,17). The van der Waals surface area contributed by atoms with Crippen molar-refractivity contribution in [1.29, 1.82) is 0 Å². The van der Waals surface area contributed by atoms with Gasteiger partial charge in [0.25, 0.3) is 5.69 Å². The van der Waals surface area contributed by atoms with E-state index >= 15 is 0 Å². The molecule has 0 radical (unpaired) electrons. The van der Waals surface area contributed by atoms with E-state index < -0.39 is 19.0 Å². The quantitative estimate of drug-likeness (QED) is 0.526. The molecule has 0 spiro atoms.